The van der Waals surface area contributed by atoms with Gasteiger partial charge in [-0.15, -0.1) is 0 Å². The second-order valence-corrected chi connectivity index (χ2v) is 7.28. The number of fused-ring (bicyclic) bond motifs is 9. The fraction of sp³-hybridized carbons (Fsp3) is 1.00. The minimum atomic E-state index is 0.705. The Kier molecular flexibility index (Phi) is 4.14. The van der Waals surface area contributed by atoms with Crippen molar-refractivity contribution in [1.82, 2.24) is 0 Å². The third-order valence-corrected chi connectivity index (χ3v) is 6.40. The Hall–Kier alpha value is 0. The van der Waals surface area contributed by atoms with Crippen LogP contribution in [0.15, 0.2) is 0 Å². The third kappa shape index (κ3) is 1.86. The van der Waals surface area contributed by atoms with E-state index in [1.165, 1.54) is 23.7 Å². The second-order valence-electron chi connectivity index (χ2n) is 7.28. The molecule has 0 N–H and O–H groups in total. The Bertz CT molecular complexity index is 278. The summed E-state index contributed by atoms with van der Waals surface area (Å²) in [6.07, 6.45) is 7.97. The van der Waals surface area contributed by atoms with Gasteiger partial charge in [-0.25, -0.2) is 0 Å². The van der Waals surface area contributed by atoms with E-state index in [1.807, 2.05) is 27.7 Å². The Morgan fingerprint density at radius 3 is 1.89 bits per heavy atom. The van der Waals surface area contributed by atoms with E-state index < -0.39 is 0 Å². The SMILES string of the molecule is CC.CC.CC1(C)CC2CC1C1C3CCC(C3)C21. The number of hydrogen-bond donors (Lipinski definition) is 0. The predicted molar refractivity (Wildman–Crippen MR) is 80.5 cm³/mol. The van der Waals surface area contributed by atoms with Gasteiger partial charge in [0.15, 0.2) is 0 Å². The van der Waals surface area contributed by atoms with E-state index in [0.717, 1.165) is 11.8 Å². The van der Waals surface area contributed by atoms with Crippen LogP contribution >= 0.6 is 0 Å². The monoisotopic (exact) mass is 250 g/mol. The lowest BCUT2D eigenvalue weighted by atomic mass is 9.62. The van der Waals surface area contributed by atoms with Crippen LogP contribution in [0.2, 0.25) is 0 Å². The molecule has 6 atom stereocenters. The average Bonchev–Trinajstić information content (AvgIpc) is 3.09. The molecular formula is C18H34. The van der Waals surface area contributed by atoms with E-state index in [9.17, 15) is 0 Å². The van der Waals surface area contributed by atoms with Gasteiger partial charge in [0.2, 0.25) is 0 Å². The highest BCUT2D eigenvalue weighted by molar-refractivity contribution is 5.12. The fourth-order valence-electron chi connectivity index (χ4n) is 6.20. The highest BCUT2D eigenvalue weighted by atomic mass is 14.7. The molecule has 0 spiro atoms. The molecule has 106 valence electrons. The number of rotatable bonds is 0. The zero-order valence-corrected chi connectivity index (χ0v) is 13.5. The molecule has 4 fully saturated rings. The van der Waals surface area contributed by atoms with Crippen molar-refractivity contribution >= 4 is 0 Å². The first-order valence-corrected chi connectivity index (χ1v) is 8.67. The first-order valence-electron chi connectivity index (χ1n) is 8.67. The van der Waals surface area contributed by atoms with Crippen molar-refractivity contribution in [1.29, 1.82) is 0 Å². The molecule has 0 nitrogen and oxygen atoms in total. The van der Waals surface area contributed by atoms with E-state index in [2.05, 4.69) is 13.8 Å². The number of hydrogen-bond acceptors (Lipinski definition) is 0. The van der Waals surface area contributed by atoms with Gasteiger partial charge in [0, 0.05) is 0 Å². The molecule has 0 amide bonds. The van der Waals surface area contributed by atoms with Crippen molar-refractivity contribution in [2.45, 2.75) is 73.6 Å². The van der Waals surface area contributed by atoms with Crippen LogP contribution in [0.1, 0.15) is 73.6 Å². The largest absolute Gasteiger partial charge is 0.0683 e. The van der Waals surface area contributed by atoms with Crippen molar-refractivity contribution in [3.8, 4) is 0 Å². The molecule has 0 heterocycles. The molecule has 0 aromatic heterocycles. The summed E-state index contributed by atoms with van der Waals surface area (Å²) in [6, 6.07) is 0. The maximum atomic E-state index is 2.54. The van der Waals surface area contributed by atoms with Crippen molar-refractivity contribution in [2.24, 2.45) is 40.9 Å². The van der Waals surface area contributed by atoms with E-state index in [0.29, 0.717) is 5.41 Å². The molecule has 0 aromatic carbocycles. The second kappa shape index (κ2) is 5.17. The van der Waals surface area contributed by atoms with Gasteiger partial charge in [0.05, 0.1) is 0 Å². The molecule has 4 aliphatic rings. The normalized spacial score (nSPS) is 49.0. The van der Waals surface area contributed by atoms with Crippen molar-refractivity contribution in [2.75, 3.05) is 0 Å². The van der Waals surface area contributed by atoms with Crippen LogP contribution in [0, 0.1) is 40.9 Å². The van der Waals surface area contributed by atoms with Crippen LogP contribution < -0.4 is 0 Å². The van der Waals surface area contributed by atoms with Crippen molar-refractivity contribution in [3.63, 3.8) is 0 Å². The molecule has 4 aliphatic carbocycles. The average molecular weight is 250 g/mol. The van der Waals surface area contributed by atoms with Gasteiger partial charge >= 0.3 is 0 Å². The van der Waals surface area contributed by atoms with Crippen LogP contribution in [0.3, 0.4) is 0 Å². The summed E-state index contributed by atoms with van der Waals surface area (Å²) in [4.78, 5) is 0. The molecule has 0 aliphatic heterocycles. The summed E-state index contributed by atoms with van der Waals surface area (Å²) >= 11 is 0. The van der Waals surface area contributed by atoms with Gasteiger partial charge in [-0.1, -0.05) is 41.5 Å². The van der Waals surface area contributed by atoms with Gasteiger partial charge in [-0.05, 0) is 73.0 Å². The summed E-state index contributed by atoms with van der Waals surface area (Å²) in [5.74, 6) is 6.99. The molecule has 0 radical (unpaired) electrons. The topological polar surface area (TPSA) is 0 Å². The third-order valence-electron chi connectivity index (χ3n) is 6.40. The summed E-state index contributed by atoms with van der Waals surface area (Å²) in [6.45, 7) is 13.1. The predicted octanol–water partition coefficient (Wildman–Crippen LogP) is 5.77. The molecule has 0 saturated heterocycles. The van der Waals surface area contributed by atoms with Crippen LogP contribution in [0.4, 0.5) is 0 Å². The zero-order valence-electron chi connectivity index (χ0n) is 13.5. The van der Waals surface area contributed by atoms with E-state index in [-0.39, 0.29) is 0 Å². The quantitative estimate of drug-likeness (QED) is 0.479. The lowest BCUT2D eigenvalue weighted by Crippen LogP contribution is -2.36. The Labute approximate surface area is 115 Å². The van der Waals surface area contributed by atoms with Gasteiger partial charge < -0.3 is 0 Å². The summed E-state index contributed by atoms with van der Waals surface area (Å²) in [5.41, 5.74) is 0.705. The minimum Gasteiger partial charge on any atom is -0.0683 e. The lowest BCUT2D eigenvalue weighted by Gasteiger charge is -2.43. The van der Waals surface area contributed by atoms with Crippen LogP contribution in [-0.4, -0.2) is 0 Å². The summed E-state index contributed by atoms with van der Waals surface area (Å²) in [5, 5.41) is 0. The Morgan fingerprint density at radius 1 is 0.722 bits per heavy atom. The molecule has 18 heavy (non-hydrogen) atoms. The maximum absolute atomic E-state index is 2.54. The molecule has 4 rings (SSSR count). The minimum absolute atomic E-state index is 0.705. The van der Waals surface area contributed by atoms with E-state index >= 15 is 0 Å². The van der Waals surface area contributed by atoms with Crippen LogP contribution in [0.25, 0.3) is 0 Å². The highest BCUT2D eigenvalue weighted by Crippen LogP contribution is 2.71. The zero-order chi connectivity index (χ0) is 13.5. The Morgan fingerprint density at radius 2 is 1.28 bits per heavy atom. The van der Waals surface area contributed by atoms with Gasteiger partial charge in [0.25, 0.3) is 0 Å². The van der Waals surface area contributed by atoms with E-state index in [4.69, 9.17) is 0 Å². The van der Waals surface area contributed by atoms with Gasteiger partial charge in [-0.3, -0.25) is 0 Å². The van der Waals surface area contributed by atoms with Crippen molar-refractivity contribution in [3.05, 3.63) is 0 Å². The van der Waals surface area contributed by atoms with Gasteiger partial charge in [-0.2, -0.15) is 0 Å². The molecule has 4 bridgehead atoms. The molecule has 0 aromatic rings. The van der Waals surface area contributed by atoms with Crippen LogP contribution in [-0.2, 0) is 0 Å². The molecule has 6 unspecified atom stereocenters. The summed E-state index contributed by atoms with van der Waals surface area (Å²) in [7, 11) is 0. The lowest BCUT2D eigenvalue weighted by molar-refractivity contribution is 0.0583. The molecule has 4 saturated carbocycles. The smallest absolute Gasteiger partial charge is 0.0318 e. The molecule has 0 heteroatoms. The molecular weight excluding hydrogens is 216 g/mol. The van der Waals surface area contributed by atoms with Gasteiger partial charge in [0.1, 0.15) is 0 Å². The Balaban J connectivity index is 0.000000277. The van der Waals surface area contributed by atoms with Crippen LogP contribution in [0.5, 0.6) is 0 Å². The van der Waals surface area contributed by atoms with Crippen molar-refractivity contribution < 1.29 is 0 Å². The first-order chi connectivity index (χ1) is 8.67. The first kappa shape index (κ1) is 14.4. The maximum Gasteiger partial charge on any atom is -0.0318 e. The standard InChI is InChI=1S/C14H22.2C2H6/c1-14(2)7-10-6-11(14)13-9-4-3-8(5-9)12(10)13;2*1-2/h8-13H,3-7H2,1-2H3;2*1-2H3. The highest BCUT2D eigenvalue weighted by Gasteiger charge is 2.64. The summed E-state index contributed by atoms with van der Waals surface area (Å²) < 4.78 is 0. The fourth-order valence-corrected chi connectivity index (χ4v) is 6.20. The van der Waals surface area contributed by atoms with E-state index in [1.54, 1.807) is 32.1 Å².